The second-order valence-electron chi connectivity index (χ2n) is 8.41. The Morgan fingerprint density at radius 1 is 1.11 bits per heavy atom. The quantitative estimate of drug-likeness (QED) is 0.235. The maximum atomic E-state index is 15.7. The summed E-state index contributed by atoms with van der Waals surface area (Å²) in [4.78, 5) is 20.9. The van der Waals surface area contributed by atoms with Crippen LogP contribution < -0.4 is 5.32 Å². The lowest BCUT2D eigenvalue weighted by molar-refractivity contribution is 0.660. The van der Waals surface area contributed by atoms with Gasteiger partial charge in [0.2, 0.25) is 0 Å². The van der Waals surface area contributed by atoms with Crippen molar-refractivity contribution in [2.24, 2.45) is 0 Å². The van der Waals surface area contributed by atoms with Crippen LogP contribution in [0.2, 0.25) is 0 Å². The van der Waals surface area contributed by atoms with Crippen LogP contribution >= 0.6 is 0 Å². The monoisotopic (exact) mass is 480 g/mol. The molecule has 0 radical (unpaired) electrons. The molecule has 0 aliphatic carbocycles. The molecule has 0 saturated heterocycles. The van der Waals surface area contributed by atoms with Gasteiger partial charge in [0, 0.05) is 53.6 Å². The van der Waals surface area contributed by atoms with Crippen LogP contribution in [0, 0.1) is 0 Å². The van der Waals surface area contributed by atoms with Crippen LogP contribution in [-0.4, -0.2) is 24.9 Å². The largest absolute Gasteiger partial charge is 0.358 e. The Morgan fingerprint density at radius 3 is 2.67 bits per heavy atom. The molecule has 7 heteroatoms. The number of aromatic amines is 1. The van der Waals surface area contributed by atoms with Gasteiger partial charge in [-0.2, -0.15) is 0 Å². The highest BCUT2D eigenvalue weighted by Crippen LogP contribution is 2.30. The Kier molecular flexibility index (Phi) is 7.80. The minimum Gasteiger partial charge on any atom is -0.358 e. The highest BCUT2D eigenvalue weighted by atomic mass is 19.1. The number of nitrogens with one attached hydrogen (secondary N) is 2. The second kappa shape index (κ2) is 11.4. The first-order valence-electron chi connectivity index (χ1n) is 11.8. The van der Waals surface area contributed by atoms with Gasteiger partial charge in [0.1, 0.15) is 17.2 Å². The Bertz CT molecular complexity index is 1450. The van der Waals surface area contributed by atoms with E-state index in [9.17, 15) is 0 Å². The standard InChI is InChI=1S/C29H29FN6/c1-5-7-19(3)34-24-15-23(17-32-18-24)20(4)27(30)22(8-6-2)16-26-35-25-11-14-33-28(29(25)36-26)21-9-12-31-13-10-21/h6,8-15,17-18,34H,3-5,7,16H2,1-2H3,(H,35,36)/b8-6-,27-22-. The summed E-state index contributed by atoms with van der Waals surface area (Å²) in [7, 11) is 0. The van der Waals surface area contributed by atoms with Crippen LogP contribution in [-0.2, 0) is 6.42 Å². The number of nitrogens with zero attached hydrogens (tertiary/aromatic N) is 4. The van der Waals surface area contributed by atoms with Gasteiger partial charge in [0.25, 0.3) is 0 Å². The van der Waals surface area contributed by atoms with E-state index in [1.165, 1.54) is 0 Å². The fourth-order valence-electron chi connectivity index (χ4n) is 3.94. The summed E-state index contributed by atoms with van der Waals surface area (Å²) < 4.78 is 15.7. The molecule has 0 amide bonds. The molecule has 0 bridgehead atoms. The van der Waals surface area contributed by atoms with Crippen molar-refractivity contribution in [3.05, 3.63) is 109 Å². The fraction of sp³-hybridized carbons (Fsp3) is 0.172. The van der Waals surface area contributed by atoms with Crippen molar-refractivity contribution < 1.29 is 4.39 Å². The topological polar surface area (TPSA) is 79.4 Å². The van der Waals surface area contributed by atoms with Gasteiger partial charge < -0.3 is 10.3 Å². The maximum absolute atomic E-state index is 15.7. The third-order valence-corrected chi connectivity index (χ3v) is 5.64. The molecule has 2 N–H and O–H groups in total. The number of hydrogen-bond donors (Lipinski definition) is 2. The van der Waals surface area contributed by atoms with Crippen LogP contribution in [0.1, 0.15) is 38.1 Å². The summed E-state index contributed by atoms with van der Waals surface area (Å²) in [5.74, 6) is 0.223. The van der Waals surface area contributed by atoms with E-state index in [4.69, 9.17) is 4.98 Å². The van der Waals surface area contributed by atoms with Gasteiger partial charge in [-0.25, -0.2) is 9.37 Å². The Labute approximate surface area is 210 Å². The first kappa shape index (κ1) is 24.7. The second-order valence-corrected chi connectivity index (χ2v) is 8.41. The number of pyridine rings is 3. The number of halogens is 1. The van der Waals surface area contributed by atoms with E-state index in [0.717, 1.165) is 46.5 Å². The van der Waals surface area contributed by atoms with E-state index >= 15 is 4.39 Å². The minimum atomic E-state index is -0.410. The van der Waals surface area contributed by atoms with Gasteiger partial charge in [-0.15, -0.1) is 0 Å². The fourth-order valence-corrected chi connectivity index (χ4v) is 3.94. The number of anilines is 1. The third kappa shape index (κ3) is 5.63. The SMILES string of the molecule is C=C(CCC)Nc1cncc(C(=C)/C(F)=C(\C=C/C)Cc2nc3c(-c4ccncc4)nccc3[nH]2)c1. The van der Waals surface area contributed by atoms with E-state index in [-0.39, 0.29) is 12.0 Å². The molecule has 0 atom stereocenters. The highest BCUT2D eigenvalue weighted by Gasteiger charge is 2.15. The number of rotatable bonds is 10. The molecule has 0 aliphatic heterocycles. The van der Waals surface area contributed by atoms with Crippen molar-refractivity contribution in [1.82, 2.24) is 24.9 Å². The van der Waals surface area contributed by atoms with Gasteiger partial charge >= 0.3 is 0 Å². The normalized spacial score (nSPS) is 12.1. The van der Waals surface area contributed by atoms with Crippen molar-refractivity contribution in [1.29, 1.82) is 0 Å². The lowest BCUT2D eigenvalue weighted by Gasteiger charge is -2.11. The third-order valence-electron chi connectivity index (χ3n) is 5.64. The summed E-state index contributed by atoms with van der Waals surface area (Å²) in [5, 5.41) is 3.23. The van der Waals surface area contributed by atoms with Gasteiger partial charge in [-0.05, 0) is 43.2 Å². The molecule has 0 spiro atoms. The van der Waals surface area contributed by atoms with Crippen LogP contribution in [0.5, 0.6) is 0 Å². The van der Waals surface area contributed by atoms with Crippen molar-refractivity contribution in [2.45, 2.75) is 33.1 Å². The summed E-state index contributed by atoms with van der Waals surface area (Å²) in [5.41, 5.74) is 6.19. The number of fused-ring (bicyclic) bond motifs is 1. The smallest absolute Gasteiger partial charge is 0.134 e. The number of aromatic nitrogens is 5. The Balaban J connectivity index is 1.64. The summed E-state index contributed by atoms with van der Waals surface area (Å²) in [6, 6.07) is 7.47. The van der Waals surface area contributed by atoms with Crippen molar-refractivity contribution in [3.63, 3.8) is 0 Å². The molecule has 4 aromatic rings. The molecule has 0 saturated carbocycles. The average Bonchev–Trinajstić information content (AvgIpc) is 3.31. The molecule has 0 unspecified atom stereocenters. The van der Waals surface area contributed by atoms with Gasteiger partial charge in [-0.1, -0.05) is 38.7 Å². The molecular weight excluding hydrogens is 451 g/mol. The molecule has 0 aliphatic rings. The lowest BCUT2D eigenvalue weighted by atomic mass is 10.0. The zero-order chi connectivity index (χ0) is 25.5. The Morgan fingerprint density at radius 2 is 1.92 bits per heavy atom. The van der Waals surface area contributed by atoms with E-state index in [0.29, 0.717) is 17.0 Å². The molecule has 0 aromatic carbocycles. The highest BCUT2D eigenvalue weighted by molar-refractivity contribution is 5.89. The molecule has 4 aromatic heterocycles. The predicted molar refractivity (Wildman–Crippen MR) is 145 cm³/mol. The van der Waals surface area contributed by atoms with E-state index < -0.39 is 5.83 Å². The average molecular weight is 481 g/mol. The lowest BCUT2D eigenvalue weighted by Crippen LogP contribution is -2.00. The molecule has 182 valence electrons. The van der Waals surface area contributed by atoms with Crippen molar-refractivity contribution in [2.75, 3.05) is 5.32 Å². The van der Waals surface area contributed by atoms with Gasteiger partial charge in [0.05, 0.1) is 23.1 Å². The molecule has 4 heterocycles. The van der Waals surface area contributed by atoms with Crippen LogP contribution in [0.25, 0.3) is 27.9 Å². The van der Waals surface area contributed by atoms with Gasteiger partial charge in [-0.3, -0.25) is 15.0 Å². The zero-order valence-electron chi connectivity index (χ0n) is 20.6. The Hall–Kier alpha value is -4.39. The molecular formula is C29H29FN6. The number of hydrogen-bond acceptors (Lipinski definition) is 5. The summed E-state index contributed by atoms with van der Waals surface area (Å²) in [6.07, 6.45) is 14.1. The molecule has 36 heavy (non-hydrogen) atoms. The van der Waals surface area contributed by atoms with Crippen molar-refractivity contribution in [3.8, 4) is 11.3 Å². The molecule has 0 fully saturated rings. The maximum Gasteiger partial charge on any atom is 0.134 e. The minimum absolute atomic E-state index is 0.260. The predicted octanol–water partition coefficient (Wildman–Crippen LogP) is 7.20. The molecule has 4 rings (SSSR count). The van der Waals surface area contributed by atoms with Crippen LogP contribution in [0.15, 0.2) is 97.7 Å². The van der Waals surface area contributed by atoms with E-state index in [1.807, 2.05) is 31.2 Å². The van der Waals surface area contributed by atoms with Crippen molar-refractivity contribution >= 4 is 22.3 Å². The van der Waals surface area contributed by atoms with Gasteiger partial charge in [0.15, 0.2) is 0 Å². The number of allylic oxidation sites excluding steroid dienone is 6. The summed E-state index contributed by atoms with van der Waals surface area (Å²) >= 11 is 0. The van der Waals surface area contributed by atoms with E-state index in [1.54, 1.807) is 43.1 Å². The van der Waals surface area contributed by atoms with Crippen LogP contribution in [0.3, 0.4) is 0 Å². The zero-order valence-corrected chi connectivity index (χ0v) is 20.6. The first-order chi connectivity index (χ1) is 17.5. The number of imidazole rings is 1. The van der Waals surface area contributed by atoms with Crippen LogP contribution in [0.4, 0.5) is 10.1 Å². The van der Waals surface area contributed by atoms with E-state index in [2.05, 4.69) is 45.3 Å². The molecule has 6 nitrogen and oxygen atoms in total. The first-order valence-corrected chi connectivity index (χ1v) is 11.8. The number of H-pyrrole nitrogens is 1. The summed E-state index contributed by atoms with van der Waals surface area (Å²) in [6.45, 7) is 12.0.